The summed E-state index contributed by atoms with van der Waals surface area (Å²) in [6.07, 6.45) is 0. The number of halogens is 1. The van der Waals surface area contributed by atoms with Crippen LogP contribution >= 0.6 is 11.6 Å². The molecule has 0 radical (unpaired) electrons. The average molecular weight is 418 g/mol. The van der Waals surface area contributed by atoms with E-state index in [4.69, 9.17) is 21.1 Å². The zero-order valence-corrected chi connectivity index (χ0v) is 18.0. The summed E-state index contributed by atoms with van der Waals surface area (Å²) in [5.41, 5.74) is 2.31. The summed E-state index contributed by atoms with van der Waals surface area (Å²) in [4.78, 5) is 17.5. The zero-order valence-electron chi connectivity index (χ0n) is 17.2. The van der Waals surface area contributed by atoms with Gasteiger partial charge in [0.1, 0.15) is 0 Å². The predicted octanol–water partition coefficient (Wildman–Crippen LogP) is 4.14. The first-order valence-electron chi connectivity index (χ1n) is 9.94. The highest BCUT2D eigenvalue weighted by Gasteiger charge is 2.17. The third kappa shape index (κ3) is 5.14. The van der Waals surface area contributed by atoms with Crippen LogP contribution in [0.5, 0.6) is 11.5 Å². The van der Waals surface area contributed by atoms with Gasteiger partial charge in [-0.25, -0.2) is 0 Å². The number of methoxy groups -OCH3 is 1. The van der Waals surface area contributed by atoms with Crippen molar-refractivity contribution >= 4 is 28.9 Å². The van der Waals surface area contributed by atoms with Gasteiger partial charge in [0.25, 0.3) is 5.91 Å². The quantitative estimate of drug-likeness (QED) is 0.733. The summed E-state index contributed by atoms with van der Waals surface area (Å²) in [7, 11) is 1.52. The van der Waals surface area contributed by atoms with Gasteiger partial charge in [-0.15, -0.1) is 0 Å². The van der Waals surface area contributed by atoms with Gasteiger partial charge in [-0.2, -0.15) is 0 Å². The number of piperazine rings is 1. The average Bonchev–Trinajstić information content (AvgIpc) is 2.75. The van der Waals surface area contributed by atoms with Crippen molar-refractivity contribution in [3.8, 4) is 11.5 Å². The number of benzene rings is 2. The van der Waals surface area contributed by atoms with Crippen LogP contribution in [-0.4, -0.2) is 57.2 Å². The van der Waals surface area contributed by atoms with Crippen LogP contribution in [-0.2, 0) is 0 Å². The highest BCUT2D eigenvalue weighted by atomic mass is 35.5. The fraction of sp³-hybridized carbons (Fsp3) is 0.409. The molecule has 1 saturated heterocycles. The molecule has 0 atom stereocenters. The molecule has 1 aliphatic rings. The maximum Gasteiger partial charge on any atom is 0.255 e. The molecule has 29 heavy (non-hydrogen) atoms. The number of carbonyl (C=O) groups is 1. The van der Waals surface area contributed by atoms with Gasteiger partial charge in [-0.3, -0.25) is 4.79 Å². The third-order valence-electron chi connectivity index (χ3n) is 5.09. The predicted molar refractivity (Wildman–Crippen MR) is 118 cm³/mol. The lowest BCUT2D eigenvalue weighted by molar-refractivity contribution is 0.102. The van der Waals surface area contributed by atoms with E-state index in [9.17, 15) is 4.79 Å². The van der Waals surface area contributed by atoms with Crippen LogP contribution in [0.4, 0.5) is 11.4 Å². The number of anilines is 2. The Morgan fingerprint density at radius 1 is 1.10 bits per heavy atom. The molecule has 2 aromatic rings. The monoisotopic (exact) mass is 417 g/mol. The molecular formula is C22H28ClN3O3. The van der Waals surface area contributed by atoms with Crippen molar-refractivity contribution in [2.45, 2.75) is 13.8 Å². The van der Waals surface area contributed by atoms with Gasteiger partial charge in [-0.1, -0.05) is 18.5 Å². The van der Waals surface area contributed by atoms with Gasteiger partial charge >= 0.3 is 0 Å². The smallest absolute Gasteiger partial charge is 0.255 e. The van der Waals surface area contributed by atoms with Crippen molar-refractivity contribution in [3.05, 3.63) is 47.0 Å². The van der Waals surface area contributed by atoms with Crippen LogP contribution in [0.2, 0.25) is 5.02 Å². The van der Waals surface area contributed by atoms with E-state index in [1.54, 1.807) is 12.1 Å². The van der Waals surface area contributed by atoms with Gasteiger partial charge in [-0.05, 0) is 49.9 Å². The largest absolute Gasteiger partial charge is 0.493 e. The number of likely N-dealkylation sites (N-methyl/N-ethyl adjacent to an activating group) is 1. The normalized spacial score (nSPS) is 14.6. The number of nitrogens with one attached hydrogen (secondary N) is 1. The second-order valence-corrected chi connectivity index (χ2v) is 7.25. The Morgan fingerprint density at radius 2 is 1.79 bits per heavy atom. The van der Waals surface area contributed by atoms with Crippen molar-refractivity contribution in [1.82, 2.24) is 4.90 Å². The van der Waals surface area contributed by atoms with Crippen LogP contribution in [0.1, 0.15) is 24.2 Å². The molecule has 1 fully saturated rings. The lowest BCUT2D eigenvalue weighted by Gasteiger charge is -2.35. The van der Waals surface area contributed by atoms with Crippen LogP contribution < -0.4 is 19.7 Å². The highest BCUT2D eigenvalue weighted by Crippen LogP contribution is 2.36. The summed E-state index contributed by atoms with van der Waals surface area (Å²) < 4.78 is 10.8. The van der Waals surface area contributed by atoms with Crippen LogP contribution in [0.15, 0.2) is 36.4 Å². The van der Waals surface area contributed by atoms with Crippen LogP contribution in [0.3, 0.4) is 0 Å². The van der Waals surface area contributed by atoms with Gasteiger partial charge in [0, 0.05) is 43.1 Å². The summed E-state index contributed by atoms with van der Waals surface area (Å²) in [6.45, 7) is 9.81. The van der Waals surface area contributed by atoms with Crippen molar-refractivity contribution in [1.29, 1.82) is 0 Å². The van der Waals surface area contributed by atoms with E-state index in [1.165, 1.54) is 12.8 Å². The number of carbonyl (C=O) groups excluding carboxylic acids is 1. The first-order chi connectivity index (χ1) is 14.0. The van der Waals surface area contributed by atoms with E-state index < -0.39 is 0 Å². The van der Waals surface area contributed by atoms with E-state index >= 15 is 0 Å². The molecule has 6 nitrogen and oxygen atoms in total. The maximum atomic E-state index is 12.7. The molecule has 7 heteroatoms. The minimum atomic E-state index is -0.252. The fourth-order valence-electron chi connectivity index (χ4n) is 3.42. The maximum absolute atomic E-state index is 12.7. The Hall–Kier alpha value is -2.44. The Kier molecular flexibility index (Phi) is 7.23. The summed E-state index contributed by atoms with van der Waals surface area (Å²) in [5, 5.41) is 3.26. The summed E-state index contributed by atoms with van der Waals surface area (Å²) >= 11 is 6.27. The van der Waals surface area contributed by atoms with Gasteiger partial charge in [0.2, 0.25) is 0 Å². The van der Waals surface area contributed by atoms with Crippen molar-refractivity contribution in [2.24, 2.45) is 0 Å². The lowest BCUT2D eigenvalue weighted by Crippen LogP contribution is -2.46. The zero-order chi connectivity index (χ0) is 20.8. The molecule has 1 heterocycles. The minimum absolute atomic E-state index is 0.252. The molecule has 1 amide bonds. The van der Waals surface area contributed by atoms with E-state index in [1.807, 2.05) is 31.2 Å². The number of hydrogen-bond acceptors (Lipinski definition) is 5. The van der Waals surface area contributed by atoms with Crippen molar-refractivity contribution < 1.29 is 14.3 Å². The molecule has 3 rings (SSSR count). The lowest BCUT2D eigenvalue weighted by atomic mass is 10.1. The van der Waals surface area contributed by atoms with Crippen LogP contribution in [0, 0.1) is 0 Å². The molecule has 0 aromatic heterocycles. The first kappa shape index (κ1) is 21.3. The number of ether oxygens (including phenoxy) is 2. The van der Waals surface area contributed by atoms with Gasteiger partial charge in [0.05, 0.1) is 18.7 Å². The summed E-state index contributed by atoms with van der Waals surface area (Å²) in [5.74, 6) is 0.629. The molecule has 0 bridgehead atoms. The molecule has 0 spiro atoms. The van der Waals surface area contributed by atoms with E-state index in [0.717, 1.165) is 38.4 Å². The van der Waals surface area contributed by atoms with Gasteiger partial charge in [0.15, 0.2) is 11.5 Å². The Balaban J connectivity index is 1.67. The number of nitrogens with zero attached hydrogens (tertiary/aromatic N) is 2. The second-order valence-electron chi connectivity index (χ2n) is 6.84. The molecule has 2 aromatic carbocycles. The molecule has 156 valence electrons. The molecule has 1 aliphatic heterocycles. The Labute approximate surface area is 177 Å². The molecular weight excluding hydrogens is 390 g/mol. The van der Waals surface area contributed by atoms with Crippen LogP contribution in [0.25, 0.3) is 0 Å². The third-order valence-corrected chi connectivity index (χ3v) is 5.37. The van der Waals surface area contributed by atoms with Crippen molar-refractivity contribution in [3.63, 3.8) is 0 Å². The standard InChI is InChI=1S/C22H28ClN3O3/c1-4-25-10-12-26(13-11-25)18-8-6-17(7-9-18)24-22(27)16-14-19(23)21(29-5-2)20(15-16)28-3/h6-9,14-15H,4-5,10-13H2,1-3H3,(H,24,27). The van der Waals surface area contributed by atoms with Crippen molar-refractivity contribution in [2.75, 3.05) is 56.7 Å². The highest BCUT2D eigenvalue weighted by molar-refractivity contribution is 6.32. The summed E-state index contributed by atoms with van der Waals surface area (Å²) in [6, 6.07) is 11.2. The fourth-order valence-corrected chi connectivity index (χ4v) is 3.68. The number of rotatable bonds is 7. The first-order valence-corrected chi connectivity index (χ1v) is 10.3. The number of amides is 1. The second kappa shape index (κ2) is 9.85. The van der Waals surface area contributed by atoms with E-state index in [-0.39, 0.29) is 5.91 Å². The van der Waals surface area contributed by atoms with E-state index in [2.05, 4.69) is 22.0 Å². The molecule has 1 N–H and O–H groups in total. The molecule has 0 saturated carbocycles. The Bertz CT molecular complexity index is 834. The van der Waals surface area contributed by atoms with Gasteiger partial charge < -0.3 is 24.6 Å². The number of hydrogen-bond donors (Lipinski definition) is 1. The Morgan fingerprint density at radius 3 is 2.38 bits per heavy atom. The molecule has 0 aliphatic carbocycles. The minimum Gasteiger partial charge on any atom is -0.493 e. The molecule has 0 unspecified atom stereocenters. The SMILES string of the molecule is CCOc1c(Cl)cc(C(=O)Nc2ccc(N3CCN(CC)CC3)cc2)cc1OC. The van der Waals surface area contributed by atoms with E-state index in [0.29, 0.717) is 28.7 Å². The topological polar surface area (TPSA) is 54.0 Å².